The zero-order valence-corrected chi connectivity index (χ0v) is 13.4. The fourth-order valence-corrected chi connectivity index (χ4v) is 2.59. The number of benzene rings is 3. The summed E-state index contributed by atoms with van der Waals surface area (Å²) in [6, 6.07) is 23.7. The first-order valence-corrected chi connectivity index (χ1v) is 7.85. The Morgan fingerprint density at radius 1 is 0.875 bits per heavy atom. The van der Waals surface area contributed by atoms with E-state index in [0.717, 1.165) is 16.7 Å². The summed E-state index contributed by atoms with van der Waals surface area (Å²) in [5, 5.41) is 2.89. The molecule has 0 saturated carbocycles. The average Bonchev–Trinajstić information content (AvgIpc) is 2.62. The molecular weight excluding hydrogens is 301 g/mol. The maximum Gasteiger partial charge on any atom is 0.251 e. The van der Waals surface area contributed by atoms with Crippen LogP contribution in [0.15, 0.2) is 78.9 Å². The van der Waals surface area contributed by atoms with Gasteiger partial charge in [-0.2, -0.15) is 0 Å². The molecule has 0 heterocycles. The molecule has 0 saturated heterocycles. The van der Waals surface area contributed by atoms with E-state index in [4.69, 9.17) is 0 Å². The van der Waals surface area contributed by atoms with Crippen LogP contribution in [-0.4, -0.2) is 5.91 Å². The van der Waals surface area contributed by atoms with Crippen LogP contribution in [0.25, 0.3) is 11.1 Å². The SMILES string of the molecule is C[C@@H](NC(=O)c1cccc(F)c1)c1ccc(-c2ccccc2)cc1. The van der Waals surface area contributed by atoms with Gasteiger partial charge >= 0.3 is 0 Å². The van der Waals surface area contributed by atoms with Crippen LogP contribution >= 0.6 is 0 Å². The first kappa shape index (κ1) is 15.9. The van der Waals surface area contributed by atoms with Gasteiger partial charge in [0.25, 0.3) is 5.91 Å². The second-order valence-corrected chi connectivity index (χ2v) is 5.69. The van der Waals surface area contributed by atoms with Gasteiger partial charge in [0.2, 0.25) is 0 Å². The van der Waals surface area contributed by atoms with Crippen LogP contribution in [0.1, 0.15) is 28.9 Å². The molecule has 3 aromatic rings. The number of hydrogen-bond donors (Lipinski definition) is 1. The molecule has 0 spiro atoms. The monoisotopic (exact) mass is 319 g/mol. The van der Waals surface area contributed by atoms with Gasteiger partial charge in [-0.15, -0.1) is 0 Å². The highest BCUT2D eigenvalue weighted by Gasteiger charge is 2.12. The van der Waals surface area contributed by atoms with E-state index in [0.29, 0.717) is 5.56 Å². The molecule has 1 amide bonds. The van der Waals surface area contributed by atoms with E-state index in [1.807, 2.05) is 49.4 Å². The zero-order chi connectivity index (χ0) is 16.9. The van der Waals surface area contributed by atoms with Crippen molar-refractivity contribution in [3.63, 3.8) is 0 Å². The van der Waals surface area contributed by atoms with E-state index in [9.17, 15) is 9.18 Å². The summed E-state index contributed by atoms with van der Waals surface area (Å²) in [5.41, 5.74) is 3.60. The topological polar surface area (TPSA) is 29.1 Å². The van der Waals surface area contributed by atoms with Crippen molar-refractivity contribution in [1.29, 1.82) is 0 Å². The van der Waals surface area contributed by atoms with Crippen molar-refractivity contribution in [1.82, 2.24) is 5.32 Å². The van der Waals surface area contributed by atoms with Gasteiger partial charge < -0.3 is 5.32 Å². The highest BCUT2D eigenvalue weighted by Crippen LogP contribution is 2.22. The Morgan fingerprint density at radius 3 is 2.21 bits per heavy atom. The maximum absolute atomic E-state index is 13.2. The van der Waals surface area contributed by atoms with Crippen molar-refractivity contribution >= 4 is 5.91 Å². The third-order valence-electron chi connectivity index (χ3n) is 3.95. The number of rotatable bonds is 4. The molecule has 24 heavy (non-hydrogen) atoms. The Bertz CT molecular complexity index is 828. The van der Waals surface area contributed by atoms with Crippen molar-refractivity contribution in [2.45, 2.75) is 13.0 Å². The summed E-state index contributed by atoms with van der Waals surface area (Å²) in [5.74, 6) is -0.698. The minimum Gasteiger partial charge on any atom is -0.346 e. The van der Waals surface area contributed by atoms with Crippen LogP contribution in [0.5, 0.6) is 0 Å². The fraction of sp³-hybridized carbons (Fsp3) is 0.0952. The normalized spacial score (nSPS) is 11.8. The van der Waals surface area contributed by atoms with Crippen LogP contribution < -0.4 is 5.32 Å². The van der Waals surface area contributed by atoms with E-state index < -0.39 is 5.82 Å². The van der Waals surface area contributed by atoms with Crippen LogP contribution in [0.3, 0.4) is 0 Å². The van der Waals surface area contributed by atoms with Crippen molar-refractivity contribution in [3.8, 4) is 11.1 Å². The highest BCUT2D eigenvalue weighted by atomic mass is 19.1. The summed E-state index contributed by atoms with van der Waals surface area (Å²) in [4.78, 5) is 12.2. The molecule has 0 fully saturated rings. The van der Waals surface area contributed by atoms with Crippen LogP contribution in [-0.2, 0) is 0 Å². The smallest absolute Gasteiger partial charge is 0.251 e. The Morgan fingerprint density at radius 2 is 1.54 bits per heavy atom. The lowest BCUT2D eigenvalue weighted by Crippen LogP contribution is -2.26. The number of carbonyl (C=O) groups excluding carboxylic acids is 1. The molecule has 0 aliphatic heterocycles. The Kier molecular flexibility index (Phi) is 4.71. The van der Waals surface area contributed by atoms with Gasteiger partial charge in [-0.3, -0.25) is 4.79 Å². The predicted molar refractivity (Wildman–Crippen MR) is 94.2 cm³/mol. The number of amides is 1. The first-order chi connectivity index (χ1) is 11.6. The average molecular weight is 319 g/mol. The molecule has 1 atom stereocenters. The molecule has 0 unspecified atom stereocenters. The lowest BCUT2D eigenvalue weighted by molar-refractivity contribution is 0.0939. The van der Waals surface area contributed by atoms with Gasteiger partial charge in [-0.05, 0) is 41.8 Å². The van der Waals surface area contributed by atoms with E-state index >= 15 is 0 Å². The van der Waals surface area contributed by atoms with E-state index in [-0.39, 0.29) is 11.9 Å². The zero-order valence-electron chi connectivity index (χ0n) is 13.4. The number of nitrogens with one attached hydrogen (secondary N) is 1. The third-order valence-corrected chi connectivity index (χ3v) is 3.95. The summed E-state index contributed by atoms with van der Waals surface area (Å²) in [6.45, 7) is 1.91. The van der Waals surface area contributed by atoms with Gasteiger partial charge in [0, 0.05) is 5.56 Å². The lowest BCUT2D eigenvalue weighted by Gasteiger charge is -2.15. The molecule has 3 heteroatoms. The summed E-state index contributed by atoms with van der Waals surface area (Å²) in [6.07, 6.45) is 0. The molecule has 3 aromatic carbocycles. The molecule has 120 valence electrons. The van der Waals surface area contributed by atoms with Crippen molar-refractivity contribution in [2.24, 2.45) is 0 Å². The predicted octanol–water partition coefficient (Wildman–Crippen LogP) is 4.98. The molecule has 0 aliphatic rings. The number of carbonyl (C=O) groups is 1. The minimum atomic E-state index is -0.414. The van der Waals surface area contributed by atoms with E-state index in [2.05, 4.69) is 17.4 Å². The molecular formula is C21H18FNO. The summed E-state index contributed by atoms with van der Waals surface area (Å²) in [7, 11) is 0. The van der Waals surface area contributed by atoms with Gasteiger partial charge in [0.05, 0.1) is 6.04 Å². The molecule has 3 rings (SSSR count). The van der Waals surface area contributed by atoms with Crippen molar-refractivity contribution in [2.75, 3.05) is 0 Å². The highest BCUT2D eigenvalue weighted by molar-refractivity contribution is 5.94. The fourth-order valence-electron chi connectivity index (χ4n) is 2.59. The van der Waals surface area contributed by atoms with Gasteiger partial charge in [0.1, 0.15) is 5.82 Å². The Balaban J connectivity index is 1.71. The van der Waals surface area contributed by atoms with E-state index in [1.54, 1.807) is 6.07 Å². The summed E-state index contributed by atoms with van der Waals surface area (Å²) >= 11 is 0. The Hall–Kier alpha value is -2.94. The van der Waals surface area contributed by atoms with Crippen molar-refractivity contribution < 1.29 is 9.18 Å². The molecule has 0 radical (unpaired) electrons. The Labute approximate surface area is 141 Å². The maximum atomic E-state index is 13.2. The van der Waals surface area contributed by atoms with Crippen LogP contribution in [0, 0.1) is 5.82 Å². The standard InChI is InChI=1S/C21H18FNO/c1-15(23-21(24)19-8-5-9-20(22)14-19)16-10-12-18(13-11-16)17-6-3-2-4-7-17/h2-15H,1H3,(H,23,24)/t15-/m1/s1. The van der Waals surface area contributed by atoms with Gasteiger partial charge in [-0.25, -0.2) is 4.39 Å². The molecule has 1 N–H and O–H groups in total. The second kappa shape index (κ2) is 7.09. The summed E-state index contributed by atoms with van der Waals surface area (Å²) < 4.78 is 13.2. The minimum absolute atomic E-state index is 0.161. The molecule has 0 aromatic heterocycles. The van der Waals surface area contributed by atoms with E-state index in [1.165, 1.54) is 18.2 Å². The first-order valence-electron chi connectivity index (χ1n) is 7.85. The lowest BCUT2D eigenvalue weighted by atomic mass is 10.0. The molecule has 2 nitrogen and oxygen atoms in total. The van der Waals surface area contributed by atoms with Crippen molar-refractivity contribution in [3.05, 3.63) is 95.8 Å². The largest absolute Gasteiger partial charge is 0.346 e. The van der Waals surface area contributed by atoms with Crippen LogP contribution in [0.2, 0.25) is 0 Å². The number of hydrogen-bond acceptors (Lipinski definition) is 1. The van der Waals surface area contributed by atoms with Crippen LogP contribution in [0.4, 0.5) is 4.39 Å². The van der Waals surface area contributed by atoms with Gasteiger partial charge in [-0.1, -0.05) is 60.7 Å². The quantitative estimate of drug-likeness (QED) is 0.721. The molecule has 0 bridgehead atoms. The molecule has 0 aliphatic carbocycles. The second-order valence-electron chi connectivity index (χ2n) is 5.69. The third kappa shape index (κ3) is 3.69. The number of halogens is 1. The van der Waals surface area contributed by atoms with Gasteiger partial charge in [0.15, 0.2) is 0 Å².